The lowest BCUT2D eigenvalue weighted by molar-refractivity contribution is 0.0600. The van der Waals surface area contributed by atoms with Crippen molar-refractivity contribution in [1.82, 2.24) is 9.61 Å². The van der Waals surface area contributed by atoms with Gasteiger partial charge in [-0.05, 0) is 36.1 Å². The summed E-state index contributed by atoms with van der Waals surface area (Å²) in [6.45, 7) is 0. The molecule has 0 unspecified atom stereocenters. The zero-order valence-corrected chi connectivity index (χ0v) is 15.9. The van der Waals surface area contributed by atoms with Crippen LogP contribution in [0, 0.1) is 0 Å². The minimum absolute atomic E-state index is 0.375. The minimum atomic E-state index is -0.375. The molecule has 27 heavy (non-hydrogen) atoms. The second-order valence-corrected chi connectivity index (χ2v) is 6.94. The van der Waals surface area contributed by atoms with Gasteiger partial charge >= 0.3 is 5.97 Å². The van der Waals surface area contributed by atoms with Crippen molar-refractivity contribution < 1.29 is 9.53 Å². The largest absolute Gasteiger partial charge is 0.465 e. The van der Waals surface area contributed by atoms with E-state index in [1.54, 1.807) is 28.5 Å². The number of rotatable bonds is 4. The van der Waals surface area contributed by atoms with Crippen LogP contribution < -0.4 is 0 Å². The molecule has 0 N–H and O–H groups in total. The van der Waals surface area contributed by atoms with Crippen LogP contribution in [0.25, 0.3) is 27.9 Å². The Morgan fingerprint density at radius 1 is 0.963 bits per heavy atom. The Hall–Kier alpha value is -3.05. The van der Waals surface area contributed by atoms with E-state index in [2.05, 4.69) is 30.5 Å². The predicted molar refractivity (Wildman–Crippen MR) is 109 cm³/mol. The maximum Gasteiger partial charge on any atom is 0.339 e. The fourth-order valence-electron chi connectivity index (χ4n) is 3.13. The molecule has 2 aromatic carbocycles. The third-order valence-electron chi connectivity index (χ3n) is 4.48. The molecule has 4 rings (SSSR count). The molecule has 0 bridgehead atoms. The van der Waals surface area contributed by atoms with E-state index >= 15 is 0 Å². The summed E-state index contributed by atoms with van der Waals surface area (Å²) in [5.74, 6) is -0.375. The normalized spacial score (nSPS) is 10.9. The molecule has 0 aliphatic rings. The van der Waals surface area contributed by atoms with Gasteiger partial charge in [0.05, 0.1) is 18.2 Å². The van der Waals surface area contributed by atoms with E-state index < -0.39 is 0 Å². The van der Waals surface area contributed by atoms with Gasteiger partial charge in [-0.3, -0.25) is 0 Å². The number of thioether (sulfide) groups is 1. The standard InChI is InChI=1S/C22H18N2O2S/c1-26-22(25)17-10-13-19-20(15-8-11-18(27-2)12-9-15)21(23-24(19)14-17)16-6-4-3-5-7-16/h3-14H,1-2H3. The number of hydrogen-bond donors (Lipinski definition) is 0. The van der Waals surface area contributed by atoms with Crippen LogP contribution in [0.3, 0.4) is 0 Å². The van der Waals surface area contributed by atoms with Crippen LogP contribution in [0.1, 0.15) is 10.4 Å². The van der Waals surface area contributed by atoms with Crippen molar-refractivity contribution in [1.29, 1.82) is 0 Å². The second kappa shape index (κ2) is 7.29. The van der Waals surface area contributed by atoms with Crippen LogP contribution in [0.2, 0.25) is 0 Å². The molecule has 2 heterocycles. The number of hydrogen-bond acceptors (Lipinski definition) is 4. The molecule has 2 aromatic heterocycles. The first-order valence-electron chi connectivity index (χ1n) is 8.52. The first-order chi connectivity index (χ1) is 13.2. The fourth-order valence-corrected chi connectivity index (χ4v) is 3.54. The van der Waals surface area contributed by atoms with Crippen molar-refractivity contribution in [2.24, 2.45) is 0 Å². The van der Waals surface area contributed by atoms with Gasteiger partial charge in [0.1, 0.15) is 5.69 Å². The van der Waals surface area contributed by atoms with Gasteiger partial charge in [-0.25, -0.2) is 9.31 Å². The van der Waals surface area contributed by atoms with Crippen molar-refractivity contribution in [3.63, 3.8) is 0 Å². The van der Waals surface area contributed by atoms with Crippen LogP contribution in [-0.4, -0.2) is 28.9 Å². The third-order valence-corrected chi connectivity index (χ3v) is 5.22. The molecular weight excluding hydrogens is 356 g/mol. The Bertz CT molecular complexity index is 1100. The van der Waals surface area contributed by atoms with Crippen molar-refractivity contribution >= 4 is 23.2 Å². The predicted octanol–water partition coefficient (Wildman–Crippen LogP) is 5.18. The van der Waals surface area contributed by atoms with E-state index in [-0.39, 0.29) is 5.97 Å². The molecule has 0 saturated heterocycles. The van der Waals surface area contributed by atoms with E-state index in [1.807, 2.05) is 36.4 Å². The van der Waals surface area contributed by atoms with Gasteiger partial charge in [-0.1, -0.05) is 42.5 Å². The lowest BCUT2D eigenvalue weighted by Gasteiger charge is -2.05. The average molecular weight is 374 g/mol. The highest BCUT2D eigenvalue weighted by molar-refractivity contribution is 7.98. The number of nitrogens with zero attached hydrogens (tertiary/aromatic N) is 2. The summed E-state index contributed by atoms with van der Waals surface area (Å²) < 4.78 is 6.59. The zero-order chi connectivity index (χ0) is 18.8. The lowest BCUT2D eigenvalue weighted by Crippen LogP contribution is -2.03. The Morgan fingerprint density at radius 3 is 2.37 bits per heavy atom. The van der Waals surface area contributed by atoms with Crippen molar-refractivity contribution in [3.8, 4) is 22.4 Å². The van der Waals surface area contributed by atoms with Crippen LogP contribution in [0.15, 0.2) is 77.8 Å². The van der Waals surface area contributed by atoms with E-state index in [1.165, 1.54) is 12.0 Å². The molecular formula is C22H18N2O2S. The molecule has 134 valence electrons. The van der Waals surface area contributed by atoms with Crippen molar-refractivity contribution in [3.05, 3.63) is 78.5 Å². The Kier molecular flexibility index (Phi) is 4.69. The lowest BCUT2D eigenvalue weighted by atomic mass is 10.00. The molecule has 0 spiro atoms. The Morgan fingerprint density at radius 2 is 1.70 bits per heavy atom. The number of carbonyl (C=O) groups excluding carboxylic acids is 1. The number of benzene rings is 2. The summed E-state index contributed by atoms with van der Waals surface area (Å²) in [6, 6.07) is 22.2. The smallest absolute Gasteiger partial charge is 0.339 e. The highest BCUT2D eigenvalue weighted by Crippen LogP contribution is 2.36. The Labute approximate surface area is 161 Å². The van der Waals surface area contributed by atoms with Crippen molar-refractivity contribution in [2.75, 3.05) is 13.4 Å². The van der Waals surface area contributed by atoms with Gasteiger partial charge in [0.2, 0.25) is 0 Å². The Balaban J connectivity index is 1.96. The van der Waals surface area contributed by atoms with Crippen molar-refractivity contribution in [2.45, 2.75) is 4.90 Å². The van der Waals surface area contributed by atoms with Gasteiger partial charge in [0.25, 0.3) is 0 Å². The van der Waals surface area contributed by atoms with Gasteiger partial charge in [-0.15, -0.1) is 11.8 Å². The molecule has 0 aliphatic carbocycles. The summed E-state index contributed by atoms with van der Waals surface area (Å²) in [6.07, 6.45) is 3.78. The number of pyridine rings is 1. The molecule has 5 heteroatoms. The highest BCUT2D eigenvalue weighted by Gasteiger charge is 2.17. The van der Waals surface area contributed by atoms with Crippen LogP contribution in [-0.2, 0) is 4.74 Å². The monoisotopic (exact) mass is 374 g/mol. The second-order valence-electron chi connectivity index (χ2n) is 6.06. The number of esters is 1. The molecule has 0 radical (unpaired) electrons. The number of ether oxygens (including phenoxy) is 1. The van der Waals surface area contributed by atoms with Crippen LogP contribution >= 0.6 is 11.8 Å². The van der Waals surface area contributed by atoms with E-state index in [0.717, 1.165) is 27.9 Å². The summed E-state index contributed by atoms with van der Waals surface area (Å²) >= 11 is 1.71. The topological polar surface area (TPSA) is 43.6 Å². The number of carbonyl (C=O) groups is 1. The number of methoxy groups -OCH3 is 1. The first kappa shape index (κ1) is 17.4. The van der Waals surface area contributed by atoms with Gasteiger partial charge < -0.3 is 4.74 Å². The third kappa shape index (κ3) is 3.22. The van der Waals surface area contributed by atoms with Gasteiger partial charge in [0.15, 0.2) is 0 Å². The molecule has 4 aromatic rings. The maximum atomic E-state index is 11.9. The van der Waals surface area contributed by atoms with E-state index in [4.69, 9.17) is 9.84 Å². The molecule has 0 atom stereocenters. The van der Waals surface area contributed by atoms with Crippen LogP contribution in [0.4, 0.5) is 0 Å². The van der Waals surface area contributed by atoms with E-state index in [9.17, 15) is 4.79 Å². The zero-order valence-electron chi connectivity index (χ0n) is 15.0. The number of fused-ring (bicyclic) bond motifs is 1. The van der Waals surface area contributed by atoms with Gasteiger partial charge in [-0.2, -0.15) is 5.10 Å². The molecule has 0 fully saturated rings. The van der Waals surface area contributed by atoms with Gasteiger partial charge in [0, 0.05) is 22.2 Å². The first-order valence-corrected chi connectivity index (χ1v) is 9.74. The summed E-state index contributed by atoms with van der Waals surface area (Å²) in [5, 5.41) is 4.78. The summed E-state index contributed by atoms with van der Waals surface area (Å²) in [4.78, 5) is 13.1. The molecule has 4 nitrogen and oxygen atoms in total. The fraction of sp³-hybridized carbons (Fsp3) is 0.0909. The quantitative estimate of drug-likeness (QED) is 0.365. The number of aromatic nitrogens is 2. The highest BCUT2D eigenvalue weighted by atomic mass is 32.2. The minimum Gasteiger partial charge on any atom is -0.465 e. The average Bonchev–Trinajstić information content (AvgIpc) is 3.12. The summed E-state index contributed by atoms with van der Waals surface area (Å²) in [5.41, 5.74) is 5.46. The van der Waals surface area contributed by atoms with Crippen LogP contribution in [0.5, 0.6) is 0 Å². The SMILES string of the molecule is COC(=O)c1ccc2c(-c3ccc(SC)cc3)c(-c3ccccc3)nn2c1. The maximum absolute atomic E-state index is 11.9. The molecule has 0 saturated carbocycles. The molecule has 0 aliphatic heterocycles. The summed E-state index contributed by atoms with van der Waals surface area (Å²) in [7, 11) is 1.38. The molecule has 0 amide bonds. The van der Waals surface area contributed by atoms with E-state index in [0.29, 0.717) is 5.56 Å².